The summed E-state index contributed by atoms with van der Waals surface area (Å²) in [7, 11) is 0. The fourth-order valence-electron chi connectivity index (χ4n) is 4.12. The van der Waals surface area contributed by atoms with Crippen molar-refractivity contribution in [2.45, 2.75) is 50.4 Å². The smallest absolute Gasteiger partial charge is 0.223 e. The van der Waals surface area contributed by atoms with Gasteiger partial charge in [0.2, 0.25) is 5.91 Å². The Labute approximate surface area is 129 Å². The van der Waals surface area contributed by atoms with Crippen LogP contribution in [-0.4, -0.2) is 53.6 Å². The second-order valence-corrected chi connectivity index (χ2v) is 7.14. The molecule has 1 aromatic rings. The quantitative estimate of drug-likeness (QED) is 0.857. The Kier molecular flexibility index (Phi) is 3.73. The van der Waals surface area contributed by atoms with Crippen LogP contribution in [0.15, 0.2) is 16.8 Å². The van der Waals surface area contributed by atoms with Crippen LogP contribution in [0.4, 0.5) is 0 Å². The fourth-order valence-corrected chi connectivity index (χ4v) is 4.78. The van der Waals surface area contributed by atoms with E-state index in [1.807, 2.05) is 0 Å². The van der Waals surface area contributed by atoms with Crippen molar-refractivity contribution in [2.75, 3.05) is 19.7 Å². The van der Waals surface area contributed by atoms with E-state index in [1.54, 1.807) is 11.3 Å². The molecular formula is C16H22N2O2S. The van der Waals surface area contributed by atoms with Gasteiger partial charge >= 0.3 is 0 Å². The van der Waals surface area contributed by atoms with Crippen LogP contribution >= 0.6 is 11.3 Å². The molecule has 3 aliphatic rings. The second kappa shape index (κ2) is 5.71. The van der Waals surface area contributed by atoms with E-state index in [9.17, 15) is 4.79 Å². The normalized spacial score (nSPS) is 33.6. The summed E-state index contributed by atoms with van der Waals surface area (Å²) in [5.41, 5.74) is 1.39. The molecule has 4 rings (SSSR count). The predicted octanol–water partition coefficient (Wildman–Crippen LogP) is 2.10. The summed E-state index contributed by atoms with van der Waals surface area (Å²) in [5, 5.41) is 4.37. The number of carbonyl (C=O) groups excluding carboxylic acids is 1. The van der Waals surface area contributed by atoms with Crippen LogP contribution in [0.2, 0.25) is 0 Å². The number of fused-ring (bicyclic) bond motifs is 1. The summed E-state index contributed by atoms with van der Waals surface area (Å²) in [6.45, 7) is 3.73. The third-order valence-corrected chi connectivity index (χ3v) is 5.81. The topological polar surface area (TPSA) is 32.8 Å². The molecule has 0 aromatic carbocycles. The summed E-state index contributed by atoms with van der Waals surface area (Å²) >= 11 is 1.76. The molecule has 5 heteroatoms. The molecule has 1 aromatic heterocycles. The van der Waals surface area contributed by atoms with Gasteiger partial charge in [-0.15, -0.1) is 0 Å². The molecule has 0 bridgehead atoms. The summed E-state index contributed by atoms with van der Waals surface area (Å²) in [6.07, 6.45) is 4.30. The summed E-state index contributed by atoms with van der Waals surface area (Å²) in [4.78, 5) is 16.8. The second-order valence-electron chi connectivity index (χ2n) is 6.36. The van der Waals surface area contributed by atoms with Gasteiger partial charge in [0.25, 0.3) is 0 Å². The summed E-state index contributed by atoms with van der Waals surface area (Å²) < 4.78 is 6.09. The molecule has 1 amide bonds. The molecule has 4 heterocycles. The number of carbonyl (C=O) groups is 1. The van der Waals surface area contributed by atoms with Crippen molar-refractivity contribution in [2.24, 2.45) is 0 Å². The highest BCUT2D eigenvalue weighted by molar-refractivity contribution is 7.07. The number of nitrogens with zero attached hydrogens (tertiary/aromatic N) is 2. The van der Waals surface area contributed by atoms with Crippen LogP contribution in [0.25, 0.3) is 0 Å². The number of amides is 1. The molecule has 3 fully saturated rings. The van der Waals surface area contributed by atoms with E-state index in [0.29, 0.717) is 11.9 Å². The Morgan fingerprint density at radius 3 is 3.05 bits per heavy atom. The van der Waals surface area contributed by atoms with Crippen LogP contribution in [0.5, 0.6) is 0 Å². The lowest BCUT2D eigenvalue weighted by Gasteiger charge is -2.34. The number of rotatable bonds is 3. The highest BCUT2D eigenvalue weighted by Gasteiger charge is 2.48. The molecule has 3 aliphatic heterocycles. The first-order valence-corrected chi connectivity index (χ1v) is 8.93. The molecule has 0 radical (unpaired) electrons. The van der Waals surface area contributed by atoms with Gasteiger partial charge in [-0.1, -0.05) is 0 Å². The minimum Gasteiger partial charge on any atom is -0.374 e. The first-order chi connectivity index (χ1) is 10.3. The van der Waals surface area contributed by atoms with Gasteiger partial charge in [-0.3, -0.25) is 9.69 Å². The first kappa shape index (κ1) is 13.7. The molecular weight excluding hydrogens is 284 g/mol. The van der Waals surface area contributed by atoms with Gasteiger partial charge in [0.15, 0.2) is 0 Å². The summed E-state index contributed by atoms with van der Waals surface area (Å²) in [6, 6.07) is 2.96. The Hall–Kier alpha value is -0.910. The molecule has 0 saturated carbocycles. The summed E-state index contributed by atoms with van der Waals surface area (Å²) in [5.74, 6) is 0.324. The Morgan fingerprint density at radius 1 is 1.33 bits per heavy atom. The van der Waals surface area contributed by atoms with Crippen molar-refractivity contribution in [1.82, 2.24) is 9.80 Å². The van der Waals surface area contributed by atoms with Gasteiger partial charge in [0, 0.05) is 38.7 Å². The minimum absolute atomic E-state index is 0.222. The average Bonchev–Trinajstić information content (AvgIpc) is 3.21. The number of hydrogen-bond acceptors (Lipinski definition) is 4. The maximum Gasteiger partial charge on any atom is 0.223 e. The van der Waals surface area contributed by atoms with Crippen molar-refractivity contribution in [3.05, 3.63) is 22.4 Å². The molecule has 3 atom stereocenters. The highest BCUT2D eigenvalue weighted by atomic mass is 32.1. The molecule has 0 aliphatic carbocycles. The van der Waals surface area contributed by atoms with Gasteiger partial charge in [-0.05, 0) is 41.7 Å². The van der Waals surface area contributed by atoms with Gasteiger partial charge in [0.05, 0.1) is 12.1 Å². The van der Waals surface area contributed by atoms with E-state index in [2.05, 4.69) is 26.6 Å². The van der Waals surface area contributed by atoms with E-state index in [1.165, 1.54) is 12.0 Å². The van der Waals surface area contributed by atoms with Crippen molar-refractivity contribution in [3.63, 3.8) is 0 Å². The van der Waals surface area contributed by atoms with E-state index in [4.69, 9.17) is 4.74 Å². The molecule has 21 heavy (non-hydrogen) atoms. The number of likely N-dealkylation sites (tertiary alicyclic amines) is 2. The zero-order valence-corrected chi connectivity index (χ0v) is 13.1. The molecule has 3 saturated heterocycles. The Morgan fingerprint density at radius 2 is 2.29 bits per heavy atom. The SMILES string of the molecule is O=C1CCCN1[C@@H]1CN(Cc2ccsc2)[C@@H]2CCCO[C@@H]21. The van der Waals surface area contributed by atoms with Crippen LogP contribution in [0.3, 0.4) is 0 Å². The maximum absolute atomic E-state index is 12.1. The molecule has 0 N–H and O–H groups in total. The molecule has 0 unspecified atom stereocenters. The van der Waals surface area contributed by atoms with Crippen molar-refractivity contribution >= 4 is 17.2 Å². The Bertz CT molecular complexity index is 504. The van der Waals surface area contributed by atoms with Crippen molar-refractivity contribution < 1.29 is 9.53 Å². The number of hydrogen-bond donors (Lipinski definition) is 0. The number of thiophene rings is 1. The average molecular weight is 306 g/mol. The zero-order chi connectivity index (χ0) is 14.2. The lowest BCUT2D eigenvalue weighted by Crippen LogP contribution is -2.48. The van der Waals surface area contributed by atoms with E-state index in [0.717, 1.165) is 45.5 Å². The zero-order valence-electron chi connectivity index (χ0n) is 12.2. The lowest BCUT2D eigenvalue weighted by molar-refractivity contribution is -0.132. The van der Waals surface area contributed by atoms with Crippen LogP contribution in [0, 0.1) is 0 Å². The predicted molar refractivity (Wildman–Crippen MR) is 82.2 cm³/mol. The third-order valence-electron chi connectivity index (χ3n) is 5.08. The highest BCUT2D eigenvalue weighted by Crippen LogP contribution is 2.34. The van der Waals surface area contributed by atoms with Crippen LogP contribution < -0.4 is 0 Å². The van der Waals surface area contributed by atoms with Crippen molar-refractivity contribution in [3.8, 4) is 0 Å². The molecule has 4 nitrogen and oxygen atoms in total. The molecule has 114 valence electrons. The molecule has 0 spiro atoms. The van der Waals surface area contributed by atoms with E-state index in [-0.39, 0.29) is 12.1 Å². The van der Waals surface area contributed by atoms with E-state index >= 15 is 0 Å². The third kappa shape index (κ3) is 2.51. The van der Waals surface area contributed by atoms with Gasteiger partial charge < -0.3 is 9.64 Å². The minimum atomic E-state index is 0.222. The fraction of sp³-hybridized carbons (Fsp3) is 0.688. The Balaban J connectivity index is 1.54. The van der Waals surface area contributed by atoms with Gasteiger partial charge in [0.1, 0.15) is 0 Å². The van der Waals surface area contributed by atoms with Gasteiger partial charge in [-0.2, -0.15) is 11.3 Å². The van der Waals surface area contributed by atoms with E-state index < -0.39 is 0 Å². The largest absolute Gasteiger partial charge is 0.374 e. The maximum atomic E-state index is 12.1. The standard InChI is InChI=1S/C16H22N2O2S/c19-15-4-1-6-18(15)14-10-17(9-12-5-8-21-11-12)13-3-2-7-20-16(13)14/h5,8,11,13-14,16H,1-4,6-7,9-10H2/t13-,14-,16+/m1/s1. The number of ether oxygens (including phenoxy) is 1. The van der Waals surface area contributed by atoms with Crippen LogP contribution in [-0.2, 0) is 16.1 Å². The lowest BCUT2D eigenvalue weighted by atomic mass is 10.00. The first-order valence-electron chi connectivity index (χ1n) is 7.99. The van der Waals surface area contributed by atoms with Gasteiger partial charge in [-0.25, -0.2) is 0 Å². The van der Waals surface area contributed by atoms with Crippen LogP contribution in [0.1, 0.15) is 31.2 Å². The van der Waals surface area contributed by atoms with Crippen molar-refractivity contribution in [1.29, 1.82) is 0 Å². The monoisotopic (exact) mass is 306 g/mol.